The van der Waals surface area contributed by atoms with Gasteiger partial charge in [-0.1, -0.05) is 0 Å². The zero-order valence-electron chi connectivity index (χ0n) is 7.65. The standard InChI is InChI=1S/C10H8N4/c1-7-4-10(14-13-7)8-2-3-12-9(5-8)6-11/h2-5H,1H3,(H,13,14). The molecule has 4 heteroatoms. The van der Waals surface area contributed by atoms with Gasteiger partial charge in [-0.05, 0) is 25.1 Å². The quantitative estimate of drug-likeness (QED) is 0.732. The first-order valence-corrected chi connectivity index (χ1v) is 4.18. The third kappa shape index (κ3) is 1.48. The van der Waals surface area contributed by atoms with Crippen LogP contribution in [0.4, 0.5) is 0 Å². The third-order valence-corrected chi connectivity index (χ3v) is 1.88. The summed E-state index contributed by atoms with van der Waals surface area (Å²) in [7, 11) is 0. The van der Waals surface area contributed by atoms with Crippen LogP contribution in [0.2, 0.25) is 0 Å². The van der Waals surface area contributed by atoms with Crippen LogP contribution in [0.3, 0.4) is 0 Å². The molecule has 2 aromatic rings. The van der Waals surface area contributed by atoms with Crippen LogP contribution in [0.15, 0.2) is 24.4 Å². The number of aryl methyl sites for hydroxylation is 1. The Bertz CT molecular complexity index is 493. The van der Waals surface area contributed by atoms with Gasteiger partial charge in [0.05, 0.1) is 5.69 Å². The summed E-state index contributed by atoms with van der Waals surface area (Å²) in [4.78, 5) is 3.89. The summed E-state index contributed by atoms with van der Waals surface area (Å²) < 4.78 is 0. The maximum atomic E-state index is 8.67. The summed E-state index contributed by atoms with van der Waals surface area (Å²) in [6, 6.07) is 7.47. The topological polar surface area (TPSA) is 65.4 Å². The molecule has 0 radical (unpaired) electrons. The molecule has 1 N–H and O–H groups in total. The van der Waals surface area contributed by atoms with Crippen LogP contribution in [0, 0.1) is 18.3 Å². The highest BCUT2D eigenvalue weighted by atomic mass is 15.1. The molecular formula is C10H8N4. The summed E-state index contributed by atoms with van der Waals surface area (Å²) in [5.74, 6) is 0. The highest BCUT2D eigenvalue weighted by molar-refractivity contribution is 5.60. The molecular weight excluding hydrogens is 176 g/mol. The minimum Gasteiger partial charge on any atom is -0.282 e. The molecule has 0 aliphatic heterocycles. The number of aromatic nitrogens is 3. The number of nitriles is 1. The van der Waals surface area contributed by atoms with Gasteiger partial charge in [-0.25, -0.2) is 4.98 Å². The molecule has 0 bridgehead atoms. The average Bonchev–Trinajstić information content (AvgIpc) is 2.65. The molecule has 0 fully saturated rings. The lowest BCUT2D eigenvalue weighted by Crippen LogP contribution is -1.83. The van der Waals surface area contributed by atoms with Gasteiger partial charge in [0.1, 0.15) is 11.8 Å². The first-order valence-electron chi connectivity index (χ1n) is 4.18. The molecule has 14 heavy (non-hydrogen) atoms. The highest BCUT2D eigenvalue weighted by Crippen LogP contribution is 2.16. The fraction of sp³-hybridized carbons (Fsp3) is 0.100. The van der Waals surface area contributed by atoms with E-state index in [0.717, 1.165) is 17.0 Å². The van der Waals surface area contributed by atoms with Crippen LogP contribution in [-0.2, 0) is 0 Å². The Labute approximate surface area is 81.2 Å². The molecule has 0 saturated carbocycles. The second kappa shape index (κ2) is 3.30. The van der Waals surface area contributed by atoms with Crippen LogP contribution in [0.25, 0.3) is 11.3 Å². The van der Waals surface area contributed by atoms with E-state index in [1.54, 1.807) is 12.3 Å². The fourth-order valence-corrected chi connectivity index (χ4v) is 1.22. The van der Waals surface area contributed by atoms with E-state index >= 15 is 0 Å². The second-order valence-corrected chi connectivity index (χ2v) is 2.98. The SMILES string of the molecule is Cc1cc(-c2ccnc(C#N)c2)n[nH]1. The predicted octanol–water partition coefficient (Wildman–Crippen LogP) is 1.65. The number of hydrogen-bond donors (Lipinski definition) is 1. The van der Waals surface area contributed by atoms with E-state index in [0.29, 0.717) is 5.69 Å². The Hall–Kier alpha value is -2.15. The van der Waals surface area contributed by atoms with E-state index in [4.69, 9.17) is 5.26 Å². The van der Waals surface area contributed by atoms with E-state index in [2.05, 4.69) is 15.2 Å². The van der Waals surface area contributed by atoms with Gasteiger partial charge >= 0.3 is 0 Å². The van der Waals surface area contributed by atoms with E-state index in [-0.39, 0.29) is 0 Å². The lowest BCUT2D eigenvalue weighted by atomic mass is 10.1. The first kappa shape index (κ1) is 8.45. The summed E-state index contributed by atoms with van der Waals surface area (Å²) in [6.45, 7) is 1.93. The molecule has 0 aliphatic rings. The van der Waals surface area contributed by atoms with Crippen LogP contribution < -0.4 is 0 Å². The van der Waals surface area contributed by atoms with Crippen LogP contribution in [0.1, 0.15) is 11.4 Å². The van der Waals surface area contributed by atoms with Crippen molar-refractivity contribution in [3.63, 3.8) is 0 Å². The van der Waals surface area contributed by atoms with E-state index in [9.17, 15) is 0 Å². The molecule has 0 saturated heterocycles. The molecule has 0 aliphatic carbocycles. The number of pyridine rings is 1. The Kier molecular flexibility index (Phi) is 1.99. The van der Waals surface area contributed by atoms with Crippen molar-refractivity contribution in [2.45, 2.75) is 6.92 Å². The monoisotopic (exact) mass is 184 g/mol. The molecule has 0 amide bonds. The van der Waals surface area contributed by atoms with E-state index in [1.807, 2.05) is 25.1 Å². The molecule has 68 valence electrons. The van der Waals surface area contributed by atoms with Crippen molar-refractivity contribution >= 4 is 0 Å². The molecule has 2 aromatic heterocycles. The van der Waals surface area contributed by atoms with Crippen molar-refractivity contribution in [3.05, 3.63) is 35.8 Å². The van der Waals surface area contributed by atoms with Crippen LogP contribution in [0.5, 0.6) is 0 Å². The smallest absolute Gasteiger partial charge is 0.141 e. The number of H-pyrrole nitrogens is 1. The Morgan fingerprint density at radius 1 is 1.43 bits per heavy atom. The molecule has 2 heterocycles. The molecule has 2 rings (SSSR count). The minimum absolute atomic E-state index is 0.406. The van der Waals surface area contributed by atoms with Gasteiger partial charge in [-0.2, -0.15) is 10.4 Å². The number of hydrogen-bond acceptors (Lipinski definition) is 3. The average molecular weight is 184 g/mol. The van der Waals surface area contributed by atoms with Crippen molar-refractivity contribution in [2.24, 2.45) is 0 Å². The summed E-state index contributed by atoms with van der Waals surface area (Å²) in [5.41, 5.74) is 3.14. The van der Waals surface area contributed by atoms with Crippen molar-refractivity contribution in [1.29, 1.82) is 5.26 Å². The number of nitrogens with zero attached hydrogens (tertiary/aromatic N) is 3. The molecule has 4 nitrogen and oxygen atoms in total. The summed E-state index contributed by atoms with van der Waals surface area (Å²) in [5, 5.41) is 15.6. The van der Waals surface area contributed by atoms with Gasteiger partial charge < -0.3 is 0 Å². The third-order valence-electron chi connectivity index (χ3n) is 1.88. The normalized spacial score (nSPS) is 9.71. The Morgan fingerprint density at radius 2 is 2.29 bits per heavy atom. The Balaban J connectivity index is 2.47. The van der Waals surface area contributed by atoms with Gasteiger partial charge in [-0.3, -0.25) is 5.10 Å². The molecule has 0 spiro atoms. The lowest BCUT2D eigenvalue weighted by Gasteiger charge is -1.94. The summed E-state index contributed by atoms with van der Waals surface area (Å²) >= 11 is 0. The fourth-order valence-electron chi connectivity index (χ4n) is 1.22. The second-order valence-electron chi connectivity index (χ2n) is 2.98. The van der Waals surface area contributed by atoms with Gasteiger partial charge in [0.15, 0.2) is 0 Å². The minimum atomic E-state index is 0.406. The maximum Gasteiger partial charge on any atom is 0.141 e. The number of aromatic amines is 1. The zero-order valence-corrected chi connectivity index (χ0v) is 7.65. The maximum absolute atomic E-state index is 8.67. The van der Waals surface area contributed by atoms with Crippen molar-refractivity contribution < 1.29 is 0 Å². The zero-order chi connectivity index (χ0) is 9.97. The van der Waals surface area contributed by atoms with Crippen molar-refractivity contribution in [1.82, 2.24) is 15.2 Å². The highest BCUT2D eigenvalue weighted by Gasteiger charge is 2.02. The van der Waals surface area contributed by atoms with Gasteiger partial charge in [-0.15, -0.1) is 0 Å². The first-order chi connectivity index (χ1) is 6.79. The molecule has 0 aromatic carbocycles. The Morgan fingerprint density at radius 3 is 2.93 bits per heavy atom. The molecule has 0 unspecified atom stereocenters. The largest absolute Gasteiger partial charge is 0.282 e. The van der Waals surface area contributed by atoms with E-state index < -0.39 is 0 Å². The van der Waals surface area contributed by atoms with Crippen LogP contribution in [-0.4, -0.2) is 15.2 Å². The number of rotatable bonds is 1. The predicted molar refractivity (Wildman–Crippen MR) is 51.3 cm³/mol. The number of nitrogens with one attached hydrogen (secondary N) is 1. The van der Waals surface area contributed by atoms with Gasteiger partial charge in [0.25, 0.3) is 0 Å². The van der Waals surface area contributed by atoms with Gasteiger partial charge in [0, 0.05) is 17.5 Å². The van der Waals surface area contributed by atoms with Crippen molar-refractivity contribution in [2.75, 3.05) is 0 Å². The van der Waals surface area contributed by atoms with Crippen molar-refractivity contribution in [3.8, 4) is 17.3 Å². The van der Waals surface area contributed by atoms with Crippen LogP contribution >= 0.6 is 0 Å². The van der Waals surface area contributed by atoms with E-state index in [1.165, 1.54) is 0 Å². The lowest BCUT2D eigenvalue weighted by molar-refractivity contribution is 1.05. The summed E-state index contributed by atoms with van der Waals surface area (Å²) in [6.07, 6.45) is 1.61. The molecule has 0 atom stereocenters. The van der Waals surface area contributed by atoms with Gasteiger partial charge in [0.2, 0.25) is 0 Å².